The van der Waals surface area contributed by atoms with Crippen LogP contribution < -0.4 is 14.8 Å². The van der Waals surface area contributed by atoms with Crippen molar-refractivity contribution in [2.24, 2.45) is 0 Å². The van der Waals surface area contributed by atoms with Gasteiger partial charge < -0.3 is 14.8 Å². The van der Waals surface area contributed by atoms with Crippen molar-refractivity contribution in [3.63, 3.8) is 0 Å². The number of ether oxygens (including phenoxy) is 2. The molecule has 1 unspecified atom stereocenters. The molecule has 0 fully saturated rings. The summed E-state index contributed by atoms with van der Waals surface area (Å²) < 4.78 is 11.2. The number of benzene rings is 2. The largest absolute Gasteiger partial charge is 0.486 e. The molecule has 1 amide bonds. The third kappa shape index (κ3) is 4.51. The van der Waals surface area contributed by atoms with Gasteiger partial charge in [-0.3, -0.25) is 9.69 Å². The zero-order valence-corrected chi connectivity index (χ0v) is 14.7. The van der Waals surface area contributed by atoms with Crippen LogP contribution in [0.3, 0.4) is 0 Å². The topological polar surface area (TPSA) is 50.8 Å². The summed E-state index contributed by atoms with van der Waals surface area (Å²) in [5.41, 5.74) is 2.19. The third-order valence-corrected chi connectivity index (χ3v) is 4.39. The summed E-state index contributed by atoms with van der Waals surface area (Å²) in [6, 6.07) is 15.6. The van der Waals surface area contributed by atoms with E-state index < -0.39 is 0 Å². The first-order chi connectivity index (χ1) is 12.1. The van der Waals surface area contributed by atoms with Crippen LogP contribution in [0.1, 0.15) is 18.1 Å². The fourth-order valence-electron chi connectivity index (χ4n) is 2.74. The van der Waals surface area contributed by atoms with Crippen molar-refractivity contribution in [3.05, 3.63) is 59.7 Å². The van der Waals surface area contributed by atoms with E-state index in [4.69, 9.17) is 9.47 Å². The van der Waals surface area contributed by atoms with Gasteiger partial charge in [0.15, 0.2) is 11.5 Å². The lowest BCUT2D eigenvalue weighted by Gasteiger charge is -2.25. The molecule has 1 aliphatic heterocycles. The summed E-state index contributed by atoms with van der Waals surface area (Å²) in [5, 5.41) is 2.99. The maximum absolute atomic E-state index is 12.4. The van der Waals surface area contributed by atoms with Crippen molar-refractivity contribution in [2.75, 3.05) is 20.3 Å². The Hall–Kier alpha value is -2.53. The first-order valence-corrected chi connectivity index (χ1v) is 8.54. The van der Waals surface area contributed by atoms with E-state index in [1.165, 1.54) is 0 Å². The summed E-state index contributed by atoms with van der Waals surface area (Å²) in [6.07, 6.45) is 0. The molecule has 0 saturated heterocycles. The Balaban J connectivity index is 1.54. The molecule has 1 N–H and O–H groups in total. The van der Waals surface area contributed by atoms with Gasteiger partial charge in [-0.25, -0.2) is 0 Å². The molecule has 2 aromatic rings. The summed E-state index contributed by atoms with van der Waals surface area (Å²) in [7, 11) is 1.95. The Labute approximate surface area is 148 Å². The van der Waals surface area contributed by atoms with Gasteiger partial charge in [0.05, 0.1) is 6.04 Å². The highest BCUT2D eigenvalue weighted by Gasteiger charge is 2.19. The minimum absolute atomic E-state index is 0.0175. The molecular formula is C20H24N2O3. The van der Waals surface area contributed by atoms with Crippen LogP contribution in [0.5, 0.6) is 11.5 Å². The van der Waals surface area contributed by atoms with Crippen molar-refractivity contribution < 1.29 is 14.3 Å². The van der Waals surface area contributed by atoms with Crippen LogP contribution in [0.25, 0.3) is 0 Å². The molecule has 1 atom stereocenters. The molecule has 5 nitrogen and oxygen atoms in total. The Morgan fingerprint density at radius 1 is 1.08 bits per heavy atom. The maximum atomic E-state index is 12.4. The van der Waals surface area contributed by atoms with E-state index >= 15 is 0 Å². The van der Waals surface area contributed by atoms with Gasteiger partial charge in [0.1, 0.15) is 13.2 Å². The summed E-state index contributed by atoms with van der Waals surface area (Å²) >= 11 is 0. The first-order valence-electron chi connectivity index (χ1n) is 8.54. The molecule has 0 radical (unpaired) electrons. The molecule has 3 rings (SSSR count). The molecule has 0 saturated carbocycles. The number of fused-ring (bicyclic) bond motifs is 1. The maximum Gasteiger partial charge on any atom is 0.237 e. The zero-order valence-electron chi connectivity index (χ0n) is 14.7. The summed E-state index contributed by atoms with van der Waals surface area (Å²) in [4.78, 5) is 14.4. The Morgan fingerprint density at radius 2 is 1.80 bits per heavy atom. The monoisotopic (exact) mass is 340 g/mol. The van der Waals surface area contributed by atoms with E-state index in [1.54, 1.807) is 0 Å². The number of nitrogens with one attached hydrogen (secondary N) is 1. The van der Waals surface area contributed by atoms with Crippen LogP contribution in [-0.2, 0) is 17.9 Å². The van der Waals surface area contributed by atoms with Gasteiger partial charge in [-0.05, 0) is 37.2 Å². The number of amides is 1. The number of hydrogen-bond donors (Lipinski definition) is 1. The van der Waals surface area contributed by atoms with Gasteiger partial charge in [-0.15, -0.1) is 0 Å². The molecule has 25 heavy (non-hydrogen) atoms. The van der Waals surface area contributed by atoms with Crippen molar-refractivity contribution >= 4 is 5.91 Å². The normalized spacial score (nSPS) is 14.2. The predicted molar refractivity (Wildman–Crippen MR) is 96.6 cm³/mol. The average molecular weight is 340 g/mol. The summed E-state index contributed by atoms with van der Waals surface area (Å²) in [6.45, 7) is 4.28. The molecule has 0 bridgehead atoms. The third-order valence-electron chi connectivity index (χ3n) is 4.39. The minimum atomic E-state index is -0.225. The predicted octanol–water partition coefficient (Wildman–Crippen LogP) is 2.59. The smallest absolute Gasteiger partial charge is 0.237 e. The molecule has 0 spiro atoms. The molecule has 1 heterocycles. The number of carbonyl (C=O) groups is 1. The van der Waals surface area contributed by atoms with Gasteiger partial charge in [-0.1, -0.05) is 36.4 Å². The van der Waals surface area contributed by atoms with E-state index in [2.05, 4.69) is 5.32 Å². The Kier molecular flexibility index (Phi) is 5.56. The van der Waals surface area contributed by atoms with Gasteiger partial charge in [0.25, 0.3) is 0 Å². The Morgan fingerprint density at radius 3 is 2.56 bits per heavy atom. The molecule has 2 aromatic carbocycles. The Bertz CT molecular complexity index is 718. The molecule has 132 valence electrons. The van der Waals surface area contributed by atoms with E-state index in [-0.39, 0.29) is 11.9 Å². The summed E-state index contributed by atoms with van der Waals surface area (Å²) in [5.74, 6) is 1.58. The fraction of sp³-hybridized carbons (Fsp3) is 0.350. The fourth-order valence-corrected chi connectivity index (χ4v) is 2.74. The van der Waals surface area contributed by atoms with Gasteiger partial charge in [0, 0.05) is 13.1 Å². The van der Waals surface area contributed by atoms with Crippen molar-refractivity contribution in [1.29, 1.82) is 0 Å². The van der Waals surface area contributed by atoms with Crippen LogP contribution in [0.2, 0.25) is 0 Å². The molecular weight excluding hydrogens is 316 g/mol. The van der Waals surface area contributed by atoms with E-state index in [9.17, 15) is 4.79 Å². The number of likely N-dealkylation sites (N-methyl/N-ethyl adjacent to an activating group) is 1. The molecule has 0 aliphatic carbocycles. The highest BCUT2D eigenvalue weighted by atomic mass is 16.6. The van der Waals surface area contributed by atoms with E-state index in [0.29, 0.717) is 26.3 Å². The van der Waals surface area contributed by atoms with E-state index in [0.717, 1.165) is 22.6 Å². The highest BCUT2D eigenvalue weighted by Crippen LogP contribution is 2.31. The number of rotatable bonds is 6. The molecule has 1 aliphatic rings. The quantitative estimate of drug-likeness (QED) is 0.878. The number of nitrogens with zero attached hydrogens (tertiary/aromatic N) is 1. The molecule has 5 heteroatoms. The van der Waals surface area contributed by atoms with Crippen LogP contribution in [0.4, 0.5) is 0 Å². The number of carbonyl (C=O) groups excluding carboxylic acids is 1. The zero-order chi connectivity index (χ0) is 17.6. The van der Waals surface area contributed by atoms with Crippen LogP contribution in [-0.4, -0.2) is 37.1 Å². The van der Waals surface area contributed by atoms with Gasteiger partial charge in [-0.2, -0.15) is 0 Å². The second-order valence-corrected chi connectivity index (χ2v) is 6.27. The van der Waals surface area contributed by atoms with Crippen molar-refractivity contribution in [2.45, 2.75) is 26.1 Å². The van der Waals surface area contributed by atoms with Gasteiger partial charge >= 0.3 is 0 Å². The average Bonchev–Trinajstić information content (AvgIpc) is 2.66. The lowest BCUT2D eigenvalue weighted by molar-refractivity contribution is -0.125. The molecule has 0 aromatic heterocycles. The van der Waals surface area contributed by atoms with Crippen LogP contribution >= 0.6 is 0 Å². The lowest BCUT2D eigenvalue weighted by Crippen LogP contribution is -2.42. The highest BCUT2D eigenvalue weighted by molar-refractivity contribution is 5.81. The lowest BCUT2D eigenvalue weighted by atomic mass is 10.1. The second-order valence-electron chi connectivity index (χ2n) is 6.27. The van der Waals surface area contributed by atoms with Crippen LogP contribution in [0.15, 0.2) is 48.5 Å². The number of hydrogen-bond acceptors (Lipinski definition) is 4. The standard InChI is InChI=1S/C20H24N2O3/c1-15(20(23)21-13-16-6-4-3-5-7-16)22(2)14-17-8-9-18-19(12-17)25-11-10-24-18/h3-9,12,15H,10-11,13-14H2,1-2H3,(H,21,23). The van der Waals surface area contributed by atoms with Crippen molar-refractivity contribution in [1.82, 2.24) is 10.2 Å². The SMILES string of the molecule is CC(C(=O)NCc1ccccc1)N(C)Cc1ccc2c(c1)OCCO2. The van der Waals surface area contributed by atoms with E-state index in [1.807, 2.05) is 67.4 Å². The van der Waals surface area contributed by atoms with Gasteiger partial charge in [0.2, 0.25) is 5.91 Å². The van der Waals surface area contributed by atoms with Crippen LogP contribution in [0, 0.1) is 0 Å². The minimum Gasteiger partial charge on any atom is -0.486 e. The first kappa shape index (κ1) is 17.3. The second kappa shape index (κ2) is 8.03. The van der Waals surface area contributed by atoms with Crippen molar-refractivity contribution in [3.8, 4) is 11.5 Å².